The van der Waals surface area contributed by atoms with E-state index < -0.39 is 5.91 Å². The summed E-state index contributed by atoms with van der Waals surface area (Å²) in [4.78, 5) is 11.8. The van der Waals surface area contributed by atoms with Crippen molar-refractivity contribution in [3.8, 4) is 17.0 Å². The van der Waals surface area contributed by atoms with Crippen LogP contribution in [0.3, 0.4) is 0 Å². The number of carbonyl (C=O) groups excluding carboxylic acids is 1. The van der Waals surface area contributed by atoms with E-state index in [1.165, 1.54) is 17.7 Å². The fourth-order valence-electron chi connectivity index (χ4n) is 3.45. The van der Waals surface area contributed by atoms with Gasteiger partial charge in [-0.3, -0.25) is 4.79 Å². The molecule has 26 heavy (non-hydrogen) atoms. The first-order valence-electron chi connectivity index (χ1n) is 8.53. The first kappa shape index (κ1) is 16.4. The summed E-state index contributed by atoms with van der Waals surface area (Å²) in [6, 6.07) is 14.2. The van der Waals surface area contributed by atoms with Crippen molar-refractivity contribution in [3.63, 3.8) is 0 Å². The third kappa shape index (κ3) is 2.86. The summed E-state index contributed by atoms with van der Waals surface area (Å²) in [5, 5.41) is 0. The van der Waals surface area contributed by atoms with Gasteiger partial charge in [0.05, 0.1) is 12.2 Å². The first-order chi connectivity index (χ1) is 12.5. The molecule has 1 aliphatic rings. The van der Waals surface area contributed by atoms with Gasteiger partial charge in [0, 0.05) is 24.4 Å². The lowest BCUT2D eigenvalue weighted by Gasteiger charge is -2.13. The molecule has 0 unspecified atom stereocenters. The summed E-state index contributed by atoms with van der Waals surface area (Å²) in [6.45, 7) is 3.16. The highest BCUT2D eigenvalue weighted by Crippen LogP contribution is 2.30. The van der Waals surface area contributed by atoms with Gasteiger partial charge < -0.3 is 15.0 Å². The van der Waals surface area contributed by atoms with Crippen molar-refractivity contribution in [3.05, 3.63) is 76.7 Å². The molecule has 0 atom stereocenters. The van der Waals surface area contributed by atoms with Crippen LogP contribution in [0.5, 0.6) is 5.75 Å². The Labute approximate surface area is 151 Å². The van der Waals surface area contributed by atoms with Crippen LogP contribution >= 0.6 is 0 Å². The van der Waals surface area contributed by atoms with Crippen LogP contribution in [0.4, 0.5) is 4.39 Å². The molecule has 0 radical (unpaired) electrons. The SMILES string of the molecule is Cc1c(C(N)=O)cc(-c2ccc(F)cc2)n1Cc1ccc2c(c1)OCC2. The molecule has 0 spiro atoms. The Hall–Kier alpha value is -3.08. The molecule has 1 aromatic heterocycles. The Morgan fingerprint density at radius 3 is 2.69 bits per heavy atom. The molecular formula is C21H19FN2O2. The Kier molecular flexibility index (Phi) is 3.99. The van der Waals surface area contributed by atoms with Crippen LogP contribution < -0.4 is 10.5 Å². The fraction of sp³-hybridized carbons (Fsp3) is 0.190. The van der Waals surface area contributed by atoms with Crippen LogP contribution in [0.25, 0.3) is 11.3 Å². The van der Waals surface area contributed by atoms with Crippen LogP contribution in [-0.2, 0) is 13.0 Å². The van der Waals surface area contributed by atoms with Crippen molar-refractivity contribution in [2.75, 3.05) is 6.61 Å². The van der Waals surface area contributed by atoms with E-state index in [0.717, 1.165) is 34.7 Å². The summed E-state index contributed by atoms with van der Waals surface area (Å²) in [5.41, 5.74) is 10.8. The largest absolute Gasteiger partial charge is 0.493 e. The van der Waals surface area contributed by atoms with E-state index in [4.69, 9.17) is 10.5 Å². The molecule has 2 heterocycles. The minimum absolute atomic E-state index is 0.297. The Morgan fingerprint density at radius 2 is 1.96 bits per heavy atom. The molecule has 0 saturated heterocycles. The number of nitrogens with two attached hydrogens (primary N) is 1. The fourth-order valence-corrected chi connectivity index (χ4v) is 3.45. The normalized spacial score (nSPS) is 12.7. The van der Waals surface area contributed by atoms with E-state index in [0.29, 0.717) is 18.7 Å². The zero-order valence-corrected chi connectivity index (χ0v) is 14.5. The standard InChI is InChI=1S/C21H19FN2O2/c1-13-18(21(23)25)11-19(15-4-6-17(22)7-5-15)24(13)12-14-2-3-16-8-9-26-20(16)10-14/h2-7,10-11H,8-9,12H2,1H3,(H2,23,25). The van der Waals surface area contributed by atoms with Gasteiger partial charge in [-0.2, -0.15) is 0 Å². The molecular weight excluding hydrogens is 331 g/mol. The Bertz CT molecular complexity index is 990. The number of halogens is 1. The van der Waals surface area contributed by atoms with Crippen molar-refractivity contribution >= 4 is 5.91 Å². The molecule has 1 aliphatic heterocycles. The minimum Gasteiger partial charge on any atom is -0.493 e. The zero-order valence-electron chi connectivity index (χ0n) is 14.5. The number of rotatable bonds is 4. The van der Waals surface area contributed by atoms with E-state index in [2.05, 4.69) is 12.1 Å². The number of ether oxygens (including phenoxy) is 1. The summed E-state index contributed by atoms with van der Waals surface area (Å²) in [6.07, 6.45) is 0.935. The third-order valence-electron chi connectivity index (χ3n) is 4.87. The van der Waals surface area contributed by atoms with Crippen LogP contribution in [0.2, 0.25) is 0 Å². The first-order valence-corrected chi connectivity index (χ1v) is 8.53. The van der Waals surface area contributed by atoms with E-state index in [1.54, 1.807) is 18.2 Å². The molecule has 0 fully saturated rings. The predicted octanol–water partition coefficient (Wildman–Crippen LogP) is 3.68. The zero-order chi connectivity index (χ0) is 18.3. The maximum Gasteiger partial charge on any atom is 0.250 e. The van der Waals surface area contributed by atoms with Gasteiger partial charge in [-0.05, 0) is 60.0 Å². The second-order valence-corrected chi connectivity index (χ2v) is 6.53. The molecule has 4 rings (SSSR count). The smallest absolute Gasteiger partial charge is 0.250 e. The number of primary amides is 1. The maximum absolute atomic E-state index is 13.3. The van der Waals surface area contributed by atoms with E-state index in [-0.39, 0.29) is 5.82 Å². The second kappa shape index (κ2) is 6.33. The number of hydrogen-bond donors (Lipinski definition) is 1. The van der Waals surface area contributed by atoms with Crippen molar-refractivity contribution in [1.82, 2.24) is 4.57 Å². The number of aromatic nitrogens is 1. The lowest BCUT2D eigenvalue weighted by molar-refractivity contribution is 0.0999. The molecule has 5 heteroatoms. The molecule has 0 aliphatic carbocycles. The lowest BCUT2D eigenvalue weighted by Crippen LogP contribution is -2.12. The summed E-state index contributed by atoms with van der Waals surface area (Å²) in [5.74, 6) is 0.155. The Morgan fingerprint density at radius 1 is 1.19 bits per heavy atom. The van der Waals surface area contributed by atoms with Crippen molar-refractivity contribution in [2.24, 2.45) is 5.73 Å². The number of hydrogen-bond acceptors (Lipinski definition) is 2. The van der Waals surface area contributed by atoms with E-state index >= 15 is 0 Å². The maximum atomic E-state index is 13.3. The molecule has 3 aromatic rings. The number of benzene rings is 2. The summed E-state index contributed by atoms with van der Waals surface area (Å²) >= 11 is 0. The lowest BCUT2D eigenvalue weighted by atomic mass is 10.1. The van der Waals surface area contributed by atoms with Crippen molar-refractivity contribution in [2.45, 2.75) is 19.9 Å². The van der Waals surface area contributed by atoms with Crippen molar-refractivity contribution in [1.29, 1.82) is 0 Å². The average molecular weight is 350 g/mol. The average Bonchev–Trinajstić information content (AvgIpc) is 3.21. The number of fused-ring (bicyclic) bond motifs is 1. The van der Waals surface area contributed by atoms with Gasteiger partial charge in [-0.15, -0.1) is 0 Å². The second-order valence-electron chi connectivity index (χ2n) is 6.53. The van der Waals surface area contributed by atoms with E-state index in [9.17, 15) is 9.18 Å². The molecule has 2 N–H and O–H groups in total. The summed E-state index contributed by atoms with van der Waals surface area (Å²) < 4.78 is 21.0. The molecule has 1 amide bonds. The molecule has 0 bridgehead atoms. The molecule has 4 nitrogen and oxygen atoms in total. The van der Waals surface area contributed by atoms with Gasteiger partial charge in [0.25, 0.3) is 5.91 Å². The summed E-state index contributed by atoms with van der Waals surface area (Å²) in [7, 11) is 0. The molecule has 0 saturated carbocycles. The molecule has 2 aromatic carbocycles. The Balaban J connectivity index is 1.78. The van der Waals surface area contributed by atoms with Gasteiger partial charge in [-0.25, -0.2) is 4.39 Å². The third-order valence-corrected chi connectivity index (χ3v) is 4.87. The van der Waals surface area contributed by atoms with E-state index in [1.807, 2.05) is 17.6 Å². The highest BCUT2D eigenvalue weighted by molar-refractivity contribution is 5.95. The van der Waals surface area contributed by atoms with Crippen molar-refractivity contribution < 1.29 is 13.9 Å². The predicted molar refractivity (Wildman–Crippen MR) is 97.8 cm³/mol. The van der Waals surface area contributed by atoms with Gasteiger partial charge in [0.1, 0.15) is 11.6 Å². The number of carbonyl (C=O) groups is 1. The van der Waals surface area contributed by atoms with Gasteiger partial charge in [0.2, 0.25) is 0 Å². The highest BCUT2D eigenvalue weighted by Gasteiger charge is 2.18. The van der Waals surface area contributed by atoms with Crippen LogP contribution in [-0.4, -0.2) is 17.1 Å². The topological polar surface area (TPSA) is 57.2 Å². The molecule has 132 valence electrons. The van der Waals surface area contributed by atoms with Gasteiger partial charge >= 0.3 is 0 Å². The quantitative estimate of drug-likeness (QED) is 0.780. The number of nitrogens with zero attached hydrogens (tertiary/aromatic N) is 1. The van der Waals surface area contributed by atoms with Gasteiger partial charge in [-0.1, -0.05) is 12.1 Å². The number of amides is 1. The monoisotopic (exact) mass is 350 g/mol. The van der Waals surface area contributed by atoms with Crippen LogP contribution in [0.1, 0.15) is 27.2 Å². The highest BCUT2D eigenvalue weighted by atomic mass is 19.1. The van der Waals surface area contributed by atoms with Crippen LogP contribution in [0, 0.1) is 12.7 Å². The van der Waals surface area contributed by atoms with Gasteiger partial charge in [0.15, 0.2) is 0 Å². The minimum atomic E-state index is -0.470. The van der Waals surface area contributed by atoms with Crippen LogP contribution in [0.15, 0.2) is 48.5 Å².